The largest absolute Gasteiger partial charge is 0.456 e. The molecule has 1 nitrogen and oxygen atoms in total. The molecule has 3 rings (SSSR count). The van der Waals surface area contributed by atoms with E-state index in [4.69, 9.17) is 4.42 Å². The van der Waals surface area contributed by atoms with Gasteiger partial charge in [0, 0.05) is 10.8 Å². The first-order chi connectivity index (χ1) is 8.26. The van der Waals surface area contributed by atoms with Gasteiger partial charge in [-0.3, -0.25) is 0 Å². The summed E-state index contributed by atoms with van der Waals surface area (Å²) >= 11 is 0. The van der Waals surface area contributed by atoms with Gasteiger partial charge >= 0.3 is 0 Å². The van der Waals surface area contributed by atoms with Gasteiger partial charge in [0.2, 0.25) is 0 Å². The number of para-hydroxylation sites is 1. The Labute approximate surface area is 102 Å². The van der Waals surface area contributed by atoms with E-state index in [1.54, 1.807) is 0 Å². The minimum absolute atomic E-state index is 0.966. The number of aryl methyl sites for hydroxylation is 1. The number of hydrogen-bond donors (Lipinski definition) is 0. The second kappa shape index (κ2) is 5.05. The number of benzene rings is 2. The van der Waals surface area contributed by atoms with Gasteiger partial charge in [0.05, 0.1) is 0 Å². The molecule has 0 amide bonds. The van der Waals surface area contributed by atoms with Crippen LogP contribution in [0.4, 0.5) is 0 Å². The normalized spacial score (nSPS) is 10.3. The Balaban J connectivity index is 0.000000329. The summed E-state index contributed by atoms with van der Waals surface area (Å²) in [5, 5.41) is 2.40. The standard InChI is InChI=1S/C13H10O.C3H8/c1-9-6-7-11-10-4-2-3-5-12(10)14-13(11)8-9;1-3-2/h2-8H,1H3;3H2,1-2H3. The van der Waals surface area contributed by atoms with Gasteiger partial charge in [-0.2, -0.15) is 0 Å². The maximum atomic E-state index is 5.73. The zero-order valence-electron chi connectivity index (χ0n) is 10.7. The lowest BCUT2D eigenvalue weighted by Crippen LogP contribution is -1.69. The highest BCUT2D eigenvalue weighted by molar-refractivity contribution is 6.04. The molecule has 0 unspecified atom stereocenters. The molecular formula is C16H18O. The van der Waals surface area contributed by atoms with Crippen LogP contribution in [0, 0.1) is 6.92 Å². The van der Waals surface area contributed by atoms with Crippen LogP contribution in [0.5, 0.6) is 0 Å². The van der Waals surface area contributed by atoms with Crippen molar-refractivity contribution in [2.75, 3.05) is 0 Å². The SMILES string of the molecule is CCC.Cc1ccc2c(c1)oc1ccccc12. The van der Waals surface area contributed by atoms with Crippen LogP contribution >= 0.6 is 0 Å². The molecular weight excluding hydrogens is 208 g/mol. The molecule has 0 spiro atoms. The summed E-state index contributed by atoms with van der Waals surface area (Å²) in [5.74, 6) is 0. The quantitative estimate of drug-likeness (QED) is 0.506. The van der Waals surface area contributed by atoms with Crippen molar-refractivity contribution in [3.8, 4) is 0 Å². The Bertz CT molecular complexity index is 620. The molecule has 0 saturated heterocycles. The van der Waals surface area contributed by atoms with Crippen LogP contribution in [0.2, 0.25) is 0 Å². The van der Waals surface area contributed by atoms with Crippen LogP contribution in [-0.4, -0.2) is 0 Å². The van der Waals surface area contributed by atoms with Crippen molar-refractivity contribution in [1.29, 1.82) is 0 Å². The highest BCUT2D eigenvalue weighted by Crippen LogP contribution is 2.28. The number of rotatable bonds is 0. The maximum absolute atomic E-state index is 5.73. The van der Waals surface area contributed by atoms with Crippen LogP contribution in [0.1, 0.15) is 25.8 Å². The Hall–Kier alpha value is -1.76. The summed E-state index contributed by atoms with van der Waals surface area (Å²) in [6.45, 7) is 6.33. The Morgan fingerprint density at radius 1 is 0.882 bits per heavy atom. The fourth-order valence-electron chi connectivity index (χ4n) is 1.83. The summed E-state index contributed by atoms with van der Waals surface area (Å²) in [7, 11) is 0. The van der Waals surface area contributed by atoms with Gasteiger partial charge in [-0.25, -0.2) is 0 Å². The van der Waals surface area contributed by atoms with Crippen molar-refractivity contribution in [2.24, 2.45) is 0 Å². The molecule has 17 heavy (non-hydrogen) atoms. The first-order valence-corrected chi connectivity index (χ1v) is 6.14. The predicted molar refractivity (Wildman–Crippen MR) is 74.4 cm³/mol. The molecule has 88 valence electrons. The molecule has 3 aromatic rings. The Morgan fingerprint density at radius 3 is 2.29 bits per heavy atom. The van der Waals surface area contributed by atoms with Crippen molar-refractivity contribution in [3.63, 3.8) is 0 Å². The van der Waals surface area contributed by atoms with E-state index in [-0.39, 0.29) is 0 Å². The van der Waals surface area contributed by atoms with E-state index in [9.17, 15) is 0 Å². The minimum atomic E-state index is 0.966. The summed E-state index contributed by atoms with van der Waals surface area (Å²) in [6, 6.07) is 14.5. The molecule has 0 saturated carbocycles. The van der Waals surface area contributed by atoms with E-state index in [0.29, 0.717) is 0 Å². The lowest BCUT2D eigenvalue weighted by atomic mass is 10.1. The monoisotopic (exact) mass is 226 g/mol. The van der Waals surface area contributed by atoms with Gasteiger partial charge in [0.15, 0.2) is 0 Å². The summed E-state index contributed by atoms with van der Waals surface area (Å²) < 4.78 is 5.73. The third-order valence-electron chi connectivity index (χ3n) is 2.53. The zero-order chi connectivity index (χ0) is 12.3. The van der Waals surface area contributed by atoms with Gasteiger partial charge in [-0.15, -0.1) is 0 Å². The highest BCUT2D eigenvalue weighted by atomic mass is 16.3. The smallest absolute Gasteiger partial charge is 0.135 e. The van der Waals surface area contributed by atoms with Gasteiger partial charge in [-0.05, 0) is 24.6 Å². The van der Waals surface area contributed by atoms with Gasteiger partial charge in [0.1, 0.15) is 11.2 Å². The summed E-state index contributed by atoms with van der Waals surface area (Å²) in [4.78, 5) is 0. The fraction of sp³-hybridized carbons (Fsp3) is 0.250. The fourth-order valence-corrected chi connectivity index (χ4v) is 1.83. The molecule has 0 aliphatic heterocycles. The van der Waals surface area contributed by atoms with Crippen molar-refractivity contribution in [2.45, 2.75) is 27.2 Å². The Kier molecular flexibility index (Phi) is 3.48. The summed E-state index contributed by atoms with van der Waals surface area (Å²) in [5.41, 5.74) is 3.18. The van der Waals surface area contributed by atoms with Gasteiger partial charge in [-0.1, -0.05) is 50.6 Å². The van der Waals surface area contributed by atoms with Crippen LogP contribution in [0.15, 0.2) is 46.9 Å². The van der Waals surface area contributed by atoms with E-state index >= 15 is 0 Å². The molecule has 1 heteroatoms. The van der Waals surface area contributed by atoms with E-state index in [1.165, 1.54) is 22.8 Å². The van der Waals surface area contributed by atoms with Crippen LogP contribution in [-0.2, 0) is 0 Å². The molecule has 0 fully saturated rings. The van der Waals surface area contributed by atoms with Crippen molar-refractivity contribution in [1.82, 2.24) is 0 Å². The molecule has 0 radical (unpaired) electrons. The molecule has 0 atom stereocenters. The first kappa shape index (κ1) is 11.7. The molecule has 2 aromatic carbocycles. The molecule has 1 aromatic heterocycles. The summed E-state index contributed by atoms with van der Waals surface area (Å²) in [6.07, 6.45) is 1.25. The molecule has 0 aliphatic carbocycles. The Morgan fingerprint density at radius 2 is 1.53 bits per heavy atom. The predicted octanol–water partition coefficient (Wildman–Crippen LogP) is 5.31. The van der Waals surface area contributed by atoms with Crippen LogP contribution in [0.3, 0.4) is 0 Å². The number of hydrogen-bond acceptors (Lipinski definition) is 1. The highest BCUT2D eigenvalue weighted by Gasteiger charge is 2.04. The van der Waals surface area contributed by atoms with E-state index < -0.39 is 0 Å². The second-order valence-corrected chi connectivity index (χ2v) is 4.30. The average molecular weight is 226 g/mol. The van der Waals surface area contributed by atoms with Crippen LogP contribution in [0.25, 0.3) is 21.9 Å². The average Bonchev–Trinajstić information content (AvgIpc) is 2.67. The van der Waals surface area contributed by atoms with E-state index in [0.717, 1.165) is 11.2 Å². The zero-order valence-corrected chi connectivity index (χ0v) is 10.7. The van der Waals surface area contributed by atoms with E-state index in [2.05, 4.69) is 45.0 Å². The molecule has 0 N–H and O–H groups in total. The van der Waals surface area contributed by atoms with Crippen molar-refractivity contribution >= 4 is 21.9 Å². The van der Waals surface area contributed by atoms with Crippen molar-refractivity contribution in [3.05, 3.63) is 48.0 Å². The molecule has 0 aliphatic rings. The first-order valence-electron chi connectivity index (χ1n) is 6.14. The third-order valence-corrected chi connectivity index (χ3v) is 2.53. The second-order valence-electron chi connectivity index (χ2n) is 4.30. The number of furan rings is 1. The van der Waals surface area contributed by atoms with Crippen molar-refractivity contribution < 1.29 is 4.42 Å². The van der Waals surface area contributed by atoms with Crippen LogP contribution < -0.4 is 0 Å². The topological polar surface area (TPSA) is 13.1 Å². The van der Waals surface area contributed by atoms with Gasteiger partial charge < -0.3 is 4.42 Å². The third kappa shape index (κ3) is 2.33. The lowest BCUT2D eigenvalue weighted by molar-refractivity contribution is 0.668. The minimum Gasteiger partial charge on any atom is -0.456 e. The van der Waals surface area contributed by atoms with E-state index in [1.807, 2.05) is 18.2 Å². The maximum Gasteiger partial charge on any atom is 0.135 e. The van der Waals surface area contributed by atoms with Gasteiger partial charge in [0.25, 0.3) is 0 Å². The lowest BCUT2D eigenvalue weighted by Gasteiger charge is -1.90. The molecule has 0 bridgehead atoms. The molecule has 1 heterocycles. The number of fused-ring (bicyclic) bond motifs is 3.